The summed E-state index contributed by atoms with van der Waals surface area (Å²) in [7, 11) is 3.81. The van der Waals surface area contributed by atoms with Crippen LogP contribution in [0.4, 0.5) is 0 Å². The topological polar surface area (TPSA) is 96.3 Å². The van der Waals surface area contributed by atoms with Crippen LogP contribution < -0.4 is 4.74 Å². The van der Waals surface area contributed by atoms with E-state index in [1.165, 1.54) is 6.42 Å². The minimum absolute atomic E-state index is 0.00738. The van der Waals surface area contributed by atoms with Crippen molar-refractivity contribution in [3.05, 3.63) is 40.4 Å². The zero-order valence-corrected chi connectivity index (χ0v) is 16.6. The van der Waals surface area contributed by atoms with Gasteiger partial charge in [-0.3, -0.25) is 4.90 Å². The highest BCUT2D eigenvalue weighted by molar-refractivity contribution is 6.34. The highest BCUT2D eigenvalue weighted by Crippen LogP contribution is 2.27. The molecule has 9 heteroatoms. The number of rotatable bonds is 7. The second-order valence-electron chi connectivity index (χ2n) is 5.92. The van der Waals surface area contributed by atoms with Crippen molar-refractivity contribution in [2.45, 2.75) is 25.0 Å². The quantitative estimate of drug-likeness (QED) is 0.654. The summed E-state index contributed by atoms with van der Waals surface area (Å²) in [5, 5.41) is 16.8. The number of likely N-dealkylation sites (tertiary alicyclic amines) is 1. The van der Waals surface area contributed by atoms with Gasteiger partial charge in [0.05, 0.1) is 6.61 Å². The van der Waals surface area contributed by atoms with Gasteiger partial charge in [-0.25, -0.2) is 9.59 Å². The number of likely N-dealkylation sites (N-methyl/N-ethyl adjacent to an activating group) is 1. The predicted octanol–water partition coefficient (Wildman–Crippen LogP) is 3.19. The first-order valence-corrected chi connectivity index (χ1v) is 8.94. The van der Waals surface area contributed by atoms with E-state index in [1.807, 2.05) is 0 Å². The van der Waals surface area contributed by atoms with Crippen molar-refractivity contribution >= 4 is 35.1 Å². The monoisotopic (exact) mass is 419 g/mol. The van der Waals surface area contributed by atoms with E-state index >= 15 is 0 Å². The summed E-state index contributed by atoms with van der Waals surface area (Å²) >= 11 is 12.0. The average Bonchev–Trinajstić information content (AvgIpc) is 2.98. The lowest BCUT2D eigenvalue weighted by Gasteiger charge is -2.29. The number of carboxylic acid groups (broad SMARTS) is 2. The zero-order chi connectivity index (χ0) is 20.4. The average molecular weight is 420 g/mol. The van der Waals surface area contributed by atoms with E-state index in [2.05, 4.69) is 11.9 Å². The number of aliphatic carboxylic acids is 2. The van der Waals surface area contributed by atoms with Crippen LogP contribution in [0.1, 0.15) is 12.8 Å². The van der Waals surface area contributed by atoms with Gasteiger partial charge in [-0.1, -0.05) is 23.2 Å². The Labute approximate surface area is 168 Å². The molecule has 2 rings (SSSR count). The fourth-order valence-corrected chi connectivity index (χ4v) is 3.21. The molecule has 1 saturated heterocycles. The molecule has 150 valence electrons. The maximum absolute atomic E-state index is 9.55. The van der Waals surface area contributed by atoms with Crippen LogP contribution in [0, 0.1) is 0 Å². The lowest BCUT2D eigenvalue weighted by molar-refractivity contribution is -0.134. The highest BCUT2D eigenvalue weighted by Gasteiger charge is 2.31. The Morgan fingerprint density at radius 1 is 1.22 bits per heavy atom. The van der Waals surface area contributed by atoms with Gasteiger partial charge in [-0.05, 0) is 44.6 Å². The van der Waals surface area contributed by atoms with Crippen LogP contribution in [-0.4, -0.2) is 66.5 Å². The molecular weight excluding hydrogens is 397 g/mol. The molecule has 1 aromatic carbocycles. The summed E-state index contributed by atoms with van der Waals surface area (Å²) in [6, 6.07) is 5.64. The maximum Gasteiger partial charge on any atom is 0.328 e. The summed E-state index contributed by atoms with van der Waals surface area (Å²) < 4.78 is 11.3. The second kappa shape index (κ2) is 11.8. The molecule has 1 fully saturated rings. The van der Waals surface area contributed by atoms with Gasteiger partial charge in [0, 0.05) is 35.3 Å². The minimum atomic E-state index is -1.26. The van der Waals surface area contributed by atoms with E-state index in [9.17, 15) is 9.59 Å². The maximum atomic E-state index is 9.55. The van der Waals surface area contributed by atoms with Crippen LogP contribution in [0.25, 0.3) is 0 Å². The minimum Gasteiger partial charge on any atom is -0.486 e. The lowest BCUT2D eigenvalue weighted by atomic mass is 10.1. The molecular formula is C18H23Cl2NO6. The van der Waals surface area contributed by atoms with E-state index in [0.29, 0.717) is 40.6 Å². The number of benzene rings is 1. The second-order valence-corrected chi connectivity index (χ2v) is 6.79. The van der Waals surface area contributed by atoms with Crippen LogP contribution in [0.15, 0.2) is 30.4 Å². The van der Waals surface area contributed by atoms with Crippen molar-refractivity contribution in [1.82, 2.24) is 4.90 Å². The molecule has 0 aromatic heterocycles. The Bertz CT molecular complexity index is 631. The molecule has 2 N–H and O–H groups in total. The lowest BCUT2D eigenvalue weighted by Crippen LogP contribution is -2.42. The van der Waals surface area contributed by atoms with Crippen molar-refractivity contribution < 1.29 is 29.3 Å². The molecule has 1 heterocycles. The van der Waals surface area contributed by atoms with E-state index in [0.717, 1.165) is 13.0 Å². The van der Waals surface area contributed by atoms with E-state index in [-0.39, 0.29) is 6.10 Å². The zero-order valence-electron chi connectivity index (χ0n) is 15.1. The van der Waals surface area contributed by atoms with Crippen molar-refractivity contribution in [1.29, 1.82) is 0 Å². The molecule has 1 aromatic rings. The fraction of sp³-hybridized carbons (Fsp3) is 0.444. The van der Waals surface area contributed by atoms with Crippen LogP contribution in [0.3, 0.4) is 0 Å². The van der Waals surface area contributed by atoms with Crippen LogP contribution in [0.5, 0.6) is 5.75 Å². The molecule has 1 aliphatic heterocycles. The molecule has 0 radical (unpaired) electrons. The van der Waals surface area contributed by atoms with Gasteiger partial charge in [-0.2, -0.15) is 0 Å². The summed E-state index contributed by atoms with van der Waals surface area (Å²) in [4.78, 5) is 21.4. The molecule has 1 aliphatic rings. The Hall–Kier alpha value is -1.80. The number of methoxy groups -OCH3 is 1. The van der Waals surface area contributed by atoms with Gasteiger partial charge in [0.2, 0.25) is 0 Å². The Balaban J connectivity index is 0.000000387. The van der Waals surface area contributed by atoms with Gasteiger partial charge in [-0.15, -0.1) is 0 Å². The summed E-state index contributed by atoms with van der Waals surface area (Å²) in [6.07, 6.45) is 3.43. The molecule has 2 unspecified atom stereocenters. The Morgan fingerprint density at radius 3 is 2.19 bits per heavy atom. The van der Waals surface area contributed by atoms with Gasteiger partial charge in [0.15, 0.2) is 0 Å². The van der Waals surface area contributed by atoms with Crippen molar-refractivity contribution in [2.75, 3.05) is 27.3 Å². The van der Waals surface area contributed by atoms with Gasteiger partial charge < -0.3 is 19.7 Å². The largest absolute Gasteiger partial charge is 0.486 e. The van der Waals surface area contributed by atoms with Crippen molar-refractivity contribution in [3.8, 4) is 5.75 Å². The Kier molecular flexibility index (Phi) is 10.2. The number of nitrogens with zero attached hydrogens (tertiary/aromatic N) is 1. The first-order chi connectivity index (χ1) is 12.7. The number of carboxylic acids is 2. The molecule has 7 nitrogen and oxygen atoms in total. The van der Waals surface area contributed by atoms with Crippen molar-refractivity contribution in [2.24, 2.45) is 0 Å². The van der Waals surface area contributed by atoms with Gasteiger partial charge in [0.1, 0.15) is 11.9 Å². The normalized spacial score (nSPS) is 18.0. The number of hydrogen-bond acceptors (Lipinski definition) is 5. The summed E-state index contributed by atoms with van der Waals surface area (Å²) in [6.45, 7) is 1.66. The first kappa shape index (κ1) is 23.2. The molecule has 0 spiro atoms. The van der Waals surface area contributed by atoms with Gasteiger partial charge >= 0.3 is 11.9 Å². The molecule has 0 aliphatic carbocycles. The van der Waals surface area contributed by atoms with Crippen LogP contribution in [-0.2, 0) is 14.3 Å². The van der Waals surface area contributed by atoms with Crippen molar-refractivity contribution in [3.63, 3.8) is 0 Å². The first-order valence-electron chi connectivity index (χ1n) is 8.18. The summed E-state index contributed by atoms with van der Waals surface area (Å²) in [5.41, 5.74) is 0. The molecule has 0 saturated carbocycles. The smallest absolute Gasteiger partial charge is 0.328 e. The summed E-state index contributed by atoms with van der Waals surface area (Å²) in [5.74, 6) is -1.82. The molecule has 0 bridgehead atoms. The van der Waals surface area contributed by atoms with E-state index in [4.69, 9.17) is 42.9 Å². The van der Waals surface area contributed by atoms with Crippen LogP contribution >= 0.6 is 23.2 Å². The molecule has 2 atom stereocenters. The number of carbonyl (C=O) groups is 2. The standard InChI is InChI=1S/C14H19Cl2NO2.C4H4O4/c1-17-5-3-4-13(17)14(9-18-2)19-12-7-10(15)6-11(16)8-12;5-3(6)1-2-4(7)8/h6-8,13-14H,3-5,9H2,1-2H3;1-2H,(H,5,6)(H,7,8). The predicted molar refractivity (Wildman–Crippen MR) is 103 cm³/mol. The SMILES string of the molecule is COCC(Oc1cc(Cl)cc(Cl)c1)C1CCCN1C.O=C(O)C=CC(=O)O. The van der Waals surface area contributed by atoms with E-state index in [1.54, 1.807) is 25.3 Å². The number of ether oxygens (including phenoxy) is 2. The third-order valence-corrected chi connectivity index (χ3v) is 4.27. The Morgan fingerprint density at radius 2 is 1.78 bits per heavy atom. The fourth-order valence-electron chi connectivity index (χ4n) is 2.71. The third-order valence-electron chi connectivity index (χ3n) is 3.83. The molecule has 27 heavy (non-hydrogen) atoms. The van der Waals surface area contributed by atoms with E-state index < -0.39 is 11.9 Å². The third kappa shape index (κ3) is 9.10. The van der Waals surface area contributed by atoms with Crippen LogP contribution in [0.2, 0.25) is 10.0 Å². The number of halogens is 2. The highest BCUT2D eigenvalue weighted by atomic mass is 35.5. The number of hydrogen-bond donors (Lipinski definition) is 2. The van der Waals surface area contributed by atoms with Gasteiger partial charge in [0.25, 0.3) is 0 Å². The molecule has 0 amide bonds.